The lowest BCUT2D eigenvalue weighted by atomic mass is 10.1. The molecule has 0 spiro atoms. The summed E-state index contributed by atoms with van der Waals surface area (Å²) in [6.45, 7) is 3.68. The van der Waals surface area contributed by atoms with Gasteiger partial charge in [-0.2, -0.15) is 0 Å². The first-order valence-corrected chi connectivity index (χ1v) is 10.4. The molecule has 0 saturated carbocycles. The Morgan fingerprint density at radius 1 is 1.03 bits per heavy atom. The maximum atomic E-state index is 12.4. The van der Waals surface area contributed by atoms with Crippen molar-refractivity contribution in [2.75, 3.05) is 43.0 Å². The Balaban J connectivity index is 1.26. The molecule has 2 N–H and O–H groups in total. The molecule has 2 unspecified atom stereocenters. The zero-order valence-corrected chi connectivity index (χ0v) is 16.9. The second-order valence-corrected chi connectivity index (χ2v) is 7.77. The first-order valence-electron chi connectivity index (χ1n) is 10.4. The van der Waals surface area contributed by atoms with Crippen LogP contribution in [0.2, 0.25) is 0 Å². The van der Waals surface area contributed by atoms with E-state index >= 15 is 0 Å². The normalized spacial score (nSPS) is 22.2. The molecule has 2 aromatic carbocycles. The Kier molecular flexibility index (Phi) is 5.98. The molecule has 2 fully saturated rings. The zero-order valence-electron chi connectivity index (χ0n) is 16.9. The highest BCUT2D eigenvalue weighted by molar-refractivity contribution is 5.97. The molecule has 0 radical (unpaired) electrons. The van der Waals surface area contributed by atoms with Crippen molar-refractivity contribution >= 4 is 23.2 Å². The van der Waals surface area contributed by atoms with Gasteiger partial charge in [-0.3, -0.25) is 9.79 Å². The van der Waals surface area contributed by atoms with E-state index < -0.39 is 0 Å². The third-order valence-corrected chi connectivity index (χ3v) is 5.72. The first-order chi connectivity index (χ1) is 14.2. The van der Waals surface area contributed by atoms with Gasteiger partial charge in [0.1, 0.15) is 0 Å². The molecule has 152 valence electrons. The number of carbonyl (C=O) groups excluding carboxylic acids is 1. The molecule has 2 heterocycles. The minimum absolute atomic E-state index is 0.0679. The van der Waals surface area contributed by atoms with E-state index in [4.69, 9.17) is 0 Å². The molecular weight excluding hydrogens is 362 g/mol. The summed E-state index contributed by atoms with van der Waals surface area (Å²) < 4.78 is 0. The second-order valence-electron chi connectivity index (χ2n) is 7.77. The van der Waals surface area contributed by atoms with E-state index in [9.17, 15) is 4.79 Å². The summed E-state index contributed by atoms with van der Waals surface area (Å²) in [5, 5.41) is 6.89. The number of nitrogens with zero attached hydrogens (tertiary/aromatic N) is 3. The fraction of sp³-hybridized carbons (Fsp3) is 0.391. The van der Waals surface area contributed by atoms with Crippen molar-refractivity contribution in [3.8, 4) is 0 Å². The van der Waals surface area contributed by atoms with Crippen LogP contribution < -0.4 is 20.4 Å². The van der Waals surface area contributed by atoms with Crippen LogP contribution in [0.1, 0.15) is 12.8 Å². The van der Waals surface area contributed by atoms with Crippen molar-refractivity contribution in [2.45, 2.75) is 18.9 Å². The van der Waals surface area contributed by atoms with Crippen LogP contribution in [0.4, 0.5) is 11.4 Å². The predicted molar refractivity (Wildman–Crippen MR) is 118 cm³/mol. The summed E-state index contributed by atoms with van der Waals surface area (Å²) in [5.74, 6) is 1.51. The molecule has 4 rings (SSSR count). The predicted octanol–water partition coefficient (Wildman–Crippen LogP) is 2.48. The second kappa shape index (κ2) is 8.99. The summed E-state index contributed by atoms with van der Waals surface area (Å²) in [5.41, 5.74) is 2.25. The maximum Gasteiger partial charge on any atom is 0.229 e. The number of anilines is 2. The van der Waals surface area contributed by atoms with E-state index in [1.54, 1.807) is 7.05 Å². The monoisotopic (exact) mass is 391 g/mol. The molecule has 2 aliphatic heterocycles. The van der Waals surface area contributed by atoms with E-state index in [1.807, 2.05) is 35.2 Å². The van der Waals surface area contributed by atoms with Gasteiger partial charge in [0, 0.05) is 51.0 Å². The lowest BCUT2D eigenvalue weighted by molar-refractivity contribution is -0.117. The maximum absolute atomic E-state index is 12.4. The molecule has 2 aliphatic rings. The number of hydrogen-bond acceptors (Lipinski definition) is 3. The lowest BCUT2D eigenvalue weighted by Crippen LogP contribution is -2.46. The first kappa shape index (κ1) is 19.3. The van der Waals surface area contributed by atoms with Gasteiger partial charge in [-0.05, 0) is 36.6 Å². The summed E-state index contributed by atoms with van der Waals surface area (Å²) in [6.07, 6.45) is 1.66. The average Bonchev–Trinajstić information content (AvgIpc) is 3.39. The Bertz CT molecular complexity index is 839. The number of hydrogen-bond donors (Lipinski definition) is 2. The molecule has 2 atom stereocenters. The van der Waals surface area contributed by atoms with Gasteiger partial charge in [0.2, 0.25) is 5.91 Å². The van der Waals surface area contributed by atoms with Crippen molar-refractivity contribution < 1.29 is 4.79 Å². The van der Waals surface area contributed by atoms with Crippen LogP contribution in [-0.4, -0.2) is 51.1 Å². The highest BCUT2D eigenvalue weighted by Crippen LogP contribution is 2.23. The molecule has 2 aromatic rings. The zero-order chi connectivity index (χ0) is 20.1. The van der Waals surface area contributed by atoms with Gasteiger partial charge in [0.15, 0.2) is 5.96 Å². The third kappa shape index (κ3) is 4.70. The summed E-state index contributed by atoms with van der Waals surface area (Å²) in [6, 6.07) is 20.5. The summed E-state index contributed by atoms with van der Waals surface area (Å²) in [4.78, 5) is 21.1. The summed E-state index contributed by atoms with van der Waals surface area (Å²) >= 11 is 0. The molecule has 0 aliphatic carbocycles. The number of carbonyl (C=O) groups is 1. The lowest BCUT2D eigenvalue weighted by Gasteiger charge is -2.21. The van der Waals surface area contributed by atoms with Crippen LogP contribution in [0.25, 0.3) is 0 Å². The molecule has 0 aromatic heterocycles. The van der Waals surface area contributed by atoms with E-state index in [0.717, 1.165) is 31.3 Å². The summed E-state index contributed by atoms with van der Waals surface area (Å²) in [7, 11) is 1.78. The smallest absolute Gasteiger partial charge is 0.229 e. The molecular formula is C23H29N5O. The van der Waals surface area contributed by atoms with E-state index in [2.05, 4.69) is 50.9 Å². The molecule has 2 saturated heterocycles. The number of nitrogens with one attached hydrogen (secondary N) is 2. The van der Waals surface area contributed by atoms with Gasteiger partial charge in [-0.25, -0.2) is 0 Å². The van der Waals surface area contributed by atoms with Crippen LogP contribution in [0.5, 0.6) is 0 Å². The van der Waals surface area contributed by atoms with E-state index in [1.165, 1.54) is 12.1 Å². The molecule has 0 bridgehead atoms. The van der Waals surface area contributed by atoms with Crippen LogP contribution in [0.15, 0.2) is 65.7 Å². The molecule has 29 heavy (non-hydrogen) atoms. The van der Waals surface area contributed by atoms with Crippen LogP contribution in [0, 0.1) is 5.92 Å². The van der Waals surface area contributed by atoms with E-state index in [0.29, 0.717) is 18.9 Å². The van der Waals surface area contributed by atoms with Crippen LogP contribution in [-0.2, 0) is 4.79 Å². The Morgan fingerprint density at radius 3 is 2.41 bits per heavy atom. The van der Waals surface area contributed by atoms with Crippen molar-refractivity contribution in [1.29, 1.82) is 0 Å². The number of amides is 1. The van der Waals surface area contributed by atoms with Gasteiger partial charge in [-0.1, -0.05) is 36.4 Å². The number of guanidine groups is 1. The number of aliphatic imine (C=N–C) groups is 1. The fourth-order valence-electron chi connectivity index (χ4n) is 4.16. The molecule has 1 amide bonds. The quantitative estimate of drug-likeness (QED) is 0.607. The van der Waals surface area contributed by atoms with Crippen molar-refractivity contribution in [2.24, 2.45) is 10.9 Å². The Hall–Kier alpha value is -3.02. The highest BCUT2D eigenvalue weighted by atomic mass is 16.2. The van der Waals surface area contributed by atoms with Gasteiger partial charge >= 0.3 is 0 Å². The van der Waals surface area contributed by atoms with Crippen molar-refractivity contribution in [3.63, 3.8) is 0 Å². The number of para-hydroxylation sites is 2. The SMILES string of the molecule is CN=C(NCC1CCN(c2ccccc2)C1)NC1CC(=O)N(c2ccccc2)C1. The van der Waals surface area contributed by atoms with Gasteiger partial charge in [0.25, 0.3) is 0 Å². The highest BCUT2D eigenvalue weighted by Gasteiger charge is 2.31. The van der Waals surface area contributed by atoms with Gasteiger partial charge in [0.05, 0.1) is 6.04 Å². The Morgan fingerprint density at radius 2 is 1.72 bits per heavy atom. The molecule has 6 heteroatoms. The topological polar surface area (TPSA) is 60.0 Å². The minimum atomic E-state index is 0.0679. The number of benzene rings is 2. The minimum Gasteiger partial charge on any atom is -0.371 e. The number of rotatable bonds is 5. The standard InChI is InChI=1S/C23H29N5O/c1-24-23(25-15-18-12-13-27(16-18)20-8-4-2-5-9-20)26-19-14-22(29)28(17-19)21-10-6-3-7-11-21/h2-11,18-19H,12-17H2,1H3,(H2,24,25,26). The average molecular weight is 392 g/mol. The Labute approximate surface area is 172 Å². The van der Waals surface area contributed by atoms with E-state index in [-0.39, 0.29) is 11.9 Å². The van der Waals surface area contributed by atoms with Crippen LogP contribution in [0.3, 0.4) is 0 Å². The molecule has 6 nitrogen and oxygen atoms in total. The van der Waals surface area contributed by atoms with Gasteiger partial charge in [-0.15, -0.1) is 0 Å². The third-order valence-electron chi connectivity index (χ3n) is 5.72. The van der Waals surface area contributed by atoms with Crippen molar-refractivity contribution in [3.05, 3.63) is 60.7 Å². The van der Waals surface area contributed by atoms with Gasteiger partial charge < -0.3 is 20.4 Å². The fourth-order valence-corrected chi connectivity index (χ4v) is 4.16. The van der Waals surface area contributed by atoms with Crippen molar-refractivity contribution in [1.82, 2.24) is 10.6 Å². The largest absolute Gasteiger partial charge is 0.371 e. The van der Waals surface area contributed by atoms with Crippen LogP contribution >= 0.6 is 0 Å².